The van der Waals surface area contributed by atoms with Crippen LogP contribution in [0.1, 0.15) is 5.56 Å². The van der Waals surface area contributed by atoms with Crippen LogP contribution in [0.3, 0.4) is 0 Å². The first-order valence-corrected chi connectivity index (χ1v) is 8.16. The lowest BCUT2D eigenvalue weighted by atomic mass is 10.1. The molecule has 0 aliphatic rings. The van der Waals surface area contributed by atoms with Gasteiger partial charge in [0.25, 0.3) is 10.9 Å². The molecule has 4 aromatic rings. The van der Waals surface area contributed by atoms with Crippen molar-refractivity contribution in [3.8, 4) is 5.75 Å². The van der Waals surface area contributed by atoms with Gasteiger partial charge in [-0.15, -0.1) is 0 Å². The van der Waals surface area contributed by atoms with Crippen LogP contribution in [0.25, 0.3) is 11.0 Å². The van der Waals surface area contributed by atoms with Crippen LogP contribution < -0.4 is 21.5 Å². The van der Waals surface area contributed by atoms with E-state index in [-0.39, 0.29) is 28.7 Å². The maximum absolute atomic E-state index is 11.9. The number of benzene rings is 2. The van der Waals surface area contributed by atoms with Gasteiger partial charge < -0.3 is 20.7 Å². The number of hydrogen-bond acceptors (Lipinski definition) is 6. The Morgan fingerprint density at radius 1 is 1.12 bits per heavy atom. The average molecular weight is 369 g/mol. The largest absolute Gasteiger partial charge is 0.506 e. The molecule has 4 rings (SSSR count). The van der Waals surface area contributed by atoms with Crippen molar-refractivity contribution in [2.45, 2.75) is 6.54 Å². The number of hydrogen-bond donors (Lipinski definition) is 4. The topological polar surface area (TPSA) is 107 Å². The molecule has 1 aromatic heterocycles. The Labute approximate surface area is 152 Å². The van der Waals surface area contributed by atoms with E-state index >= 15 is 0 Å². The van der Waals surface area contributed by atoms with Crippen LogP contribution in [0.5, 0.6) is 5.75 Å². The first-order chi connectivity index (χ1) is 12.5. The number of fused-ring (bicyclic) bond motifs is 1. The SMILES string of the molecule is O=c1c(NCc2cccc(O)c2Cl)c(Nc2ccc3nc[nH]c3c2)c1=O. The van der Waals surface area contributed by atoms with Crippen molar-refractivity contribution in [1.82, 2.24) is 9.97 Å². The number of aromatic hydroxyl groups is 1. The number of imidazole rings is 1. The van der Waals surface area contributed by atoms with Crippen molar-refractivity contribution in [2.24, 2.45) is 0 Å². The van der Waals surface area contributed by atoms with E-state index in [9.17, 15) is 14.7 Å². The molecule has 0 saturated heterocycles. The molecule has 0 spiro atoms. The number of rotatable bonds is 5. The van der Waals surface area contributed by atoms with Gasteiger partial charge in [-0.1, -0.05) is 23.7 Å². The first-order valence-electron chi connectivity index (χ1n) is 7.78. The second kappa shape index (κ2) is 6.20. The lowest BCUT2D eigenvalue weighted by Gasteiger charge is -2.15. The quantitative estimate of drug-likeness (QED) is 0.403. The van der Waals surface area contributed by atoms with Crippen molar-refractivity contribution >= 4 is 39.7 Å². The van der Waals surface area contributed by atoms with Crippen LogP contribution in [0.2, 0.25) is 5.02 Å². The number of H-pyrrole nitrogens is 1. The zero-order chi connectivity index (χ0) is 18.3. The van der Waals surface area contributed by atoms with Crippen LogP contribution in [-0.4, -0.2) is 15.1 Å². The van der Waals surface area contributed by atoms with Gasteiger partial charge in [-0.05, 0) is 29.8 Å². The fraction of sp³-hybridized carbons (Fsp3) is 0.0556. The molecule has 0 radical (unpaired) electrons. The lowest BCUT2D eigenvalue weighted by molar-refractivity contribution is 0.475. The van der Waals surface area contributed by atoms with Gasteiger partial charge in [-0.3, -0.25) is 9.59 Å². The van der Waals surface area contributed by atoms with E-state index in [1.165, 1.54) is 6.07 Å². The molecule has 0 amide bonds. The number of anilines is 3. The van der Waals surface area contributed by atoms with Crippen molar-refractivity contribution in [1.29, 1.82) is 0 Å². The van der Waals surface area contributed by atoms with Gasteiger partial charge >= 0.3 is 0 Å². The van der Waals surface area contributed by atoms with Gasteiger partial charge in [-0.25, -0.2) is 4.98 Å². The molecule has 0 atom stereocenters. The van der Waals surface area contributed by atoms with Gasteiger partial charge in [-0.2, -0.15) is 0 Å². The minimum atomic E-state index is -0.591. The van der Waals surface area contributed by atoms with Crippen LogP contribution in [0.15, 0.2) is 52.3 Å². The number of phenolic OH excluding ortho intramolecular Hbond substituents is 1. The van der Waals surface area contributed by atoms with Gasteiger partial charge in [0.1, 0.15) is 17.1 Å². The summed E-state index contributed by atoms with van der Waals surface area (Å²) in [7, 11) is 0. The summed E-state index contributed by atoms with van der Waals surface area (Å²) in [5.41, 5.74) is 2.11. The predicted octanol–water partition coefficient (Wildman–Crippen LogP) is 2.87. The predicted molar refractivity (Wildman–Crippen MR) is 101 cm³/mol. The van der Waals surface area contributed by atoms with Crippen molar-refractivity contribution in [3.63, 3.8) is 0 Å². The number of nitrogens with one attached hydrogen (secondary N) is 3. The summed E-state index contributed by atoms with van der Waals surface area (Å²) in [5, 5.41) is 15.7. The summed E-state index contributed by atoms with van der Waals surface area (Å²) in [4.78, 5) is 30.9. The third-order valence-corrected chi connectivity index (χ3v) is 4.55. The molecule has 1 heterocycles. The molecule has 0 bridgehead atoms. The Bertz CT molecular complexity index is 1190. The standard InChI is InChI=1S/C18H13ClN4O3/c19-14-9(2-1-3-13(14)24)7-20-15-16(18(26)17(15)25)23-10-4-5-11-12(6-10)22-8-21-11/h1-6,8,20,23-24H,7H2,(H,21,22). The Kier molecular flexibility index (Phi) is 3.85. The fourth-order valence-electron chi connectivity index (χ4n) is 2.72. The van der Waals surface area contributed by atoms with Gasteiger partial charge in [0.2, 0.25) is 0 Å². The van der Waals surface area contributed by atoms with Crippen LogP contribution >= 0.6 is 11.6 Å². The molecule has 0 aliphatic carbocycles. The summed E-state index contributed by atoms with van der Waals surface area (Å²) < 4.78 is 0. The third kappa shape index (κ3) is 2.68. The Balaban J connectivity index is 1.57. The highest BCUT2D eigenvalue weighted by atomic mass is 35.5. The summed E-state index contributed by atoms with van der Waals surface area (Å²) in [6.07, 6.45) is 1.58. The third-order valence-electron chi connectivity index (χ3n) is 4.11. The zero-order valence-corrected chi connectivity index (χ0v) is 14.1. The molecule has 26 heavy (non-hydrogen) atoms. The minimum Gasteiger partial charge on any atom is -0.506 e. The van der Waals surface area contributed by atoms with E-state index in [0.717, 1.165) is 11.0 Å². The van der Waals surface area contributed by atoms with E-state index in [1.807, 2.05) is 0 Å². The van der Waals surface area contributed by atoms with E-state index < -0.39 is 10.9 Å². The molecule has 0 unspecified atom stereocenters. The number of aromatic nitrogens is 2. The summed E-state index contributed by atoms with van der Waals surface area (Å²) in [6, 6.07) is 10.2. The molecule has 8 heteroatoms. The molecule has 0 fully saturated rings. The second-order valence-corrected chi connectivity index (χ2v) is 6.15. The molecule has 7 nitrogen and oxygen atoms in total. The monoisotopic (exact) mass is 368 g/mol. The Hall–Kier alpha value is -3.32. The second-order valence-electron chi connectivity index (χ2n) is 5.77. The Morgan fingerprint density at radius 3 is 2.77 bits per heavy atom. The summed E-state index contributed by atoms with van der Waals surface area (Å²) in [6.45, 7) is 0.201. The molecular weight excluding hydrogens is 356 g/mol. The number of phenols is 1. The van der Waals surface area contributed by atoms with Crippen LogP contribution in [-0.2, 0) is 6.54 Å². The Morgan fingerprint density at radius 2 is 1.92 bits per heavy atom. The fourth-order valence-corrected chi connectivity index (χ4v) is 2.92. The highest BCUT2D eigenvalue weighted by Gasteiger charge is 2.21. The molecular formula is C18H13ClN4O3. The molecule has 0 aliphatic heterocycles. The van der Waals surface area contributed by atoms with Gasteiger partial charge in [0, 0.05) is 12.2 Å². The highest BCUT2D eigenvalue weighted by molar-refractivity contribution is 6.32. The maximum Gasteiger partial charge on any atom is 0.253 e. The van der Waals surface area contributed by atoms with Crippen molar-refractivity contribution < 1.29 is 5.11 Å². The van der Waals surface area contributed by atoms with Crippen LogP contribution in [0, 0.1) is 0 Å². The smallest absolute Gasteiger partial charge is 0.253 e. The first kappa shape index (κ1) is 16.2. The van der Waals surface area contributed by atoms with Crippen molar-refractivity contribution in [3.05, 3.63) is 73.8 Å². The normalized spacial score (nSPS) is 11.1. The molecule has 130 valence electrons. The summed E-state index contributed by atoms with van der Waals surface area (Å²) >= 11 is 6.03. The maximum atomic E-state index is 11.9. The highest BCUT2D eigenvalue weighted by Crippen LogP contribution is 2.28. The average Bonchev–Trinajstić information content (AvgIpc) is 3.11. The van der Waals surface area contributed by atoms with E-state index in [4.69, 9.17) is 11.6 Å². The minimum absolute atomic E-state index is 0.0397. The van der Waals surface area contributed by atoms with Crippen molar-refractivity contribution in [2.75, 3.05) is 10.6 Å². The van der Waals surface area contributed by atoms with E-state index in [1.54, 1.807) is 36.7 Å². The van der Waals surface area contributed by atoms with E-state index in [2.05, 4.69) is 20.6 Å². The van der Waals surface area contributed by atoms with Gasteiger partial charge in [0.15, 0.2) is 0 Å². The van der Waals surface area contributed by atoms with E-state index in [0.29, 0.717) is 11.3 Å². The molecule has 0 saturated carbocycles. The van der Waals surface area contributed by atoms with Crippen LogP contribution in [0.4, 0.5) is 17.1 Å². The molecule has 4 N–H and O–H groups in total. The summed E-state index contributed by atoms with van der Waals surface area (Å²) in [5.74, 6) is -0.0397. The zero-order valence-electron chi connectivity index (χ0n) is 13.3. The number of aromatic amines is 1. The number of halogens is 1. The lowest BCUT2D eigenvalue weighted by Crippen LogP contribution is -2.36. The number of nitrogens with zero attached hydrogens (tertiary/aromatic N) is 1. The van der Waals surface area contributed by atoms with Gasteiger partial charge in [0.05, 0.1) is 22.4 Å². The molecule has 3 aromatic carbocycles.